The monoisotopic (exact) mass is 336 g/mol. The third kappa shape index (κ3) is 6.48. The average Bonchev–Trinajstić information content (AvgIpc) is 2.52. The molecule has 0 spiro atoms. The van der Waals surface area contributed by atoms with Gasteiger partial charge in [0.05, 0.1) is 0 Å². The molecule has 1 aliphatic heterocycles. The Balaban J connectivity index is 1.74. The number of likely N-dealkylation sites (tertiary alicyclic amines) is 1. The molecule has 0 bridgehead atoms. The topological polar surface area (TPSA) is 41.6 Å². The van der Waals surface area contributed by atoms with Gasteiger partial charge in [-0.05, 0) is 49.9 Å². The maximum Gasteiger partial charge on any atom is 0.258 e. The van der Waals surface area contributed by atoms with Crippen LogP contribution < -0.4 is 10.1 Å². The van der Waals surface area contributed by atoms with E-state index < -0.39 is 5.82 Å². The highest BCUT2D eigenvalue weighted by molar-refractivity contribution is 5.77. The first-order valence-electron chi connectivity index (χ1n) is 8.72. The number of hydrogen-bond donors (Lipinski definition) is 1. The number of nitrogens with zero attached hydrogens (tertiary/aromatic N) is 1. The summed E-state index contributed by atoms with van der Waals surface area (Å²) in [6.45, 7) is 9.61. The number of carbonyl (C=O) groups is 1. The molecule has 0 radical (unpaired) electrons. The Morgan fingerprint density at radius 2 is 2.12 bits per heavy atom. The molecule has 24 heavy (non-hydrogen) atoms. The van der Waals surface area contributed by atoms with E-state index in [-0.39, 0.29) is 24.3 Å². The highest BCUT2D eigenvalue weighted by Gasteiger charge is 2.22. The molecule has 134 valence electrons. The van der Waals surface area contributed by atoms with E-state index in [0.717, 1.165) is 38.9 Å². The zero-order chi connectivity index (χ0) is 17.6. The molecule has 1 aliphatic rings. The van der Waals surface area contributed by atoms with Gasteiger partial charge in [0.2, 0.25) is 0 Å². The van der Waals surface area contributed by atoms with Crippen molar-refractivity contribution < 1.29 is 13.9 Å². The van der Waals surface area contributed by atoms with Gasteiger partial charge in [-0.25, -0.2) is 4.39 Å². The van der Waals surface area contributed by atoms with E-state index >= 15 is 0 Å². The Morgan fingerprint density at radius 3 is 2.83 bits per heavy atom. The number of para-hydroxylation sites is 1. The van der Waals surface area contributed by atoms with Crippen LogP contribution in [0, 0.1) is 11.2 Å². The first kappa shape index (κ1) is 18.7. The SMILES string of the molecule is CC(C)(C)CCN1CCC[C@H](NC(=O)COc2ccccc2F)C1. The average molecular weight is 336 g/mol. The second-order valence-electron chi connectivity index (χ2n) is 7.74. The van der Waals surface area contributed by atoms with Crippen molar-refractivity contribution in [2.75, 3.05) is 26.2 Å². The van der Waals surface area contributed by atoms with Gasteiger partial charge in [0, 0.05) is 12.6 Å². The summed E-state index contributed by atoms with van der Waals surface area (Å²) in [5.41, 5.74) is 0.323. The van der Waals surface area contributed by atoms with Crippen molar-refractivity contribution >= 4 is 5.91 Å². The van der Waals surface area contributed by atoms with E-state index in [1.54, 1.807) is 12.1 Å². The summed E-state index contributed by atoms with van der Waals surface area (Å²) in [6, 6.07) is 6.27. The third-order valence-electron chi connectivity index (χ3n) is 4.24. The predicted octanol–water partition coefficient (Wildman–Crippen LogP) is 3.22. The molecule has 4 nitrogen and oxygen atoms in total. The summed E-state index contributed by atoms with van der Waals surface area (Å²) >= 11 is 0. The molecule has 0 unspecified atom stereocenters. The lowest BCUT2D eigenvalue weighted by Crippen LogP contribution is -2.49. The van der Waals surface area contributed by atoms with Gasteiger partial charge in [0.1, 0.15) is 0 Å². The number of ether oxygens (including phenoxy) is 1. The van der Waals surface area contributed by atoms with E-state index in [2.05, 4.69) is 31.0 Å². The van der Waals surface area contributed by atoms with Crippen LogP contribution >= 0.6 is 0 Å². The summed E-state index contributed by atoms with van der Waals surface area (Å²) in [5, 5.41) is 3.01. The Hall–Kier alpha value is -1.62. The van der Waals surface area contributed by atoms with Gasteiger partial charge >= 0.3 is 0 Å². The van der Waals surface area contributed by atoms with Gasteiger partial charge in [-0.15, -0.1) is 0 Å². The fraction of sp³-hybridized carbons (Fsp3) is 0.632. The molecule has 0 aromatic heterocycles. The lowest BCUT2D eigenvalue weighted by atomic mass is 9.91. The Morgan fingerprint density at radius 1 is 1.38 bits per heavy atom. The third-order valence-corrected chi connectivity index (χ3v) is 4.24. The lowest BCUT2D eigenvalue weighted by molar-refractivity contribution is -0.124. The highest BCUT2D eigenvalue weighted by atomic mass is 19.1. The zero-order valence-corrected chi connectivity index (χ0v) is 15.0. The van der Waals surface area contributed by atoms with Crippen LogP contribution in [0.25, 0.3) is 0 Å². The van der Waals surface area contributed by atoms with E-state index in [4.69, 9.17) is 4.74 Å². The maximum absolute atomic E-state index is 13.5. The number of rotatable bonds is 6. The van der Waals surface area contributed by atoms with Crippen molar-refractivity contribution in [3.8, 4) is 5.75 Å². The second-order valence-corrected chi connectivity index (χ2v) is 7.74. The molecule has 1 atom stereocenters. The summed E-state index contributed by atoms with van der Waals surface area (Å²) < 4.78 is 18.7. The second kappa shape index (κ2) is 8.47. The van der Waals surface area contributed by atoms with E-state index in [1.807, 2.05) is 0 Å². The number of piperidine rings is 1. The lowest BCUT2D eigenvalue weighted by Gasteiger charge is -2.34. The molecule has 1 aromatic carbocycles. The molecular formula is C19H29FN2O2. The number of nitrogens with one attached hydrogen (secondary N) is 1. The van der Waals surface area contributed by atoms with Crippen LogP contribution in [-0.2, 0) is 4.79 Å². The highest BCUT2D eigenvalue weighted by Crippen LogP contribution is 2.20. The van der Waals surface area contributed by atoms with Crippen molar-refractivity contribution in [1.29, 1.82) is 0 Å². The molecule has 1 aromatic rings. The molecule has 1 saturated heterocycles. The van der Waals surface area contributed by atoms with Crippen molar-refractivity contribution in [3.05, 3.63) is 30.1 Å². The molecule has 1 amide bonds. The molecule has 1 fully saturated rings. The van der Waals surface area contributed by atoms with Crippen LogP contribution in [0.4, 0.5) is 4.39 Å². The smallest absolute Gasteiger partial charge is 0.258 e. The maximum atomic E-state index is 13.5. The molecule has 0 saturated carbocycles. The zero-order valence-electron chi connectivity index (χ0n) is 15.0. The normalized spacial score (nSPS) is 19.1. The van der Waals surface area contributed by atoms with Gasteiger partial charge < -0.3 is 15.0 Å². The van der Waals surface area contributed by atoms with Gasteiger partial charge in [0.15, 0.2) is 18.2 Å². The largest absolute Gasteiger partial charge is 0.481 e. The molecule has 1 heterocycles. The van der Waals surface area contributed by atoms with E-state index in [0.29, 0.717) is 5.41 Å². The summed E-state index contributed by atoms with van der Waals surface area (Å²) in [6.07, 6.45) is 3.21. The van der Waals surface area contributed by atoms with Crippen molar-refractivity contribution in [3.63, 3.8) is 0 Å². The van der Waals surface area contributed by atoms with Gasteiger partial charge in [0.25, 0.3) is 5.91 Å². The molecule has 2 rings (SSSR count). The van der Waals surface area contributed by atoms with Gasteiger partial charge in [-0.3, -0.25) is 4.79 Å². The van der Waals surface area contributed by atoms with Crippen molar-refractivity contribution in [2.45, 2.75) is 46.1 Å². The van der Waals surface area contributed by atoms with Crippen molar-refractivity contribution in [2.24, 2.45) is 5.41 Å². The quantitative estimate of drug-likeness (QED) is 0.867. The van der Waals surface area contributed by atoms with Crippen LogP contribution in [-0.4, -0.2) is 43.1 Å². The Kier molecular flexibility index (Phi) is 6.60. The van der Waals surface area contributed by atoms with Crippen LogP contribution in [0.5, 0.6) is 5.75 Å². The minimum atomic E-state index is -0.448. The minimum absolute atomic E-state index is 0.114. The Bertz CT molecular complexity index is 542. The van der Waals surface area contributed by atoms with Crippen LogP contribution in [0.1, 0.15) is 40.0 Å². The number of hydrogen-bond acceptors (Lipinski definition) is 3. The number of benzene rings is 1. The summed E-state index contributed by atoms with van der Waals surface area (Å²) in [4.78, 5) is 14.5. The molecule has 1 N–H and O–H groups in total. The van der Waals surface area contributed by atoms with Crippen LogP contribution in [0.15, 0.2) is 24.3 Å². The number of halogens is 1. The molecule has 0 aliphatic carbocycles. The minimum Gasteiger partial charge on any atom is -0.481 e. The van der Waals surface area contributed by atoms with Crippen LogP contribution in [0.3, 0.4) is 0 Å². The van der Waals surface area contributed by atoms with Gasteiger partial charge in [-0.2, -0.15) is 0 Å². The fourth-order valence-corrected chi connectivity index (χ4v) is 2.84. The van der Waals surface area contributed by atoms with E-state index in [1.165, 1.54) is 12.1 Å². The van der Waals surface area contributed by atoms with Gasteiger partial charge in [-0.1, -0.05) is 32.9 Å². The first-order valence-corrected chi connectivity index (χ1v) is 8.72. The Labute approximate surface area is 144 Å². The van der Waals surface area contributed by atoms with Crippen molar-refractivity contribution in [1.82, 2.24) is 10.2 Å². The number of amides is 1. The molecule has 5 heteroatoms. The number of carbonyl (C=O) groups excluding carboxylic acids is 1. The molecular weight excluding hydrogens is 307 g/mol. The first-order chi connectivity index (χ1) is 11.3. The standard InChI is InChI=1S/C19H29FN2O2/c1-19(2,3)10-12-22-11-6-7-15(13-22)21-18(23)14-24-17-9-5-4-8-16(17)20/h4-5,8-9,15H,6-7,10-14H2,1-3H3,(H,21,23)/t15-/m0/s1. The van der Waals surface area contributed by atoms with E-state index in [9.17, 15) is 9.18 Å². The summed E-state index contributed by atoms with van der Waals surface area (Å²) in [5.74, 6) is -0.527. The predicted molar refractivity (Wildman–Crippen MR) is 93.6 cm³/mol. The summed E-state index contributed by atoms with van der Waals surface area (Å²) in [7, 11) is 0. The fourth-order valence-electron chi connectivity index (χ4n) is 2.84. The van der Waals surface area contributed by atoms with Crippen LogP contribution in [0.2, 0.25) is 0 Å².